The topological polar surface area (TPSA) is 84.7 Å². The number of halogens is 3. The molecule has 6 rings (SSSR count). The van der Waals surface area contributed by atoms with Gasteiger partial charge < -0.3 is 10.1 Å². The number of nitro groups is 1. The van der Waals surface area contributed by atoms with E-state index in [-0.39, 0.29) is 23.5 Å². The van der Waals surface area contributed by atoms with Crippen molar-refractivity contribution in [2.45, 2.75) is 43.0 Å². The number of amides is 1. The number of rotatable bonds is 5. The van der Waals surface area contributed by atoms with Gasteiger partial charge in [0.1, 0.15) is 12.4 Å². The van der Waals surface area contributed by atoms with Gasteiger partial charge in [-0.15, -0.1) is 0 Å². The molecule has 3 aliphatic heterocycles. The lowest BCUT2D eigenvalue weighted by Crippen LogP contribution is -2.55. The van der Waals surface area contributed by atoms with Crippen LogP contribution in [0.3, 0.4) is 0 Å². The number of fused-ring (bicyclic) bond motifs is 4. The van der Waals surface area contributed by atoms with E-state index in [9.17, 15) is 14.9 Å². The van der Waals surface area contributed by atoms with Crippen LogP contribution in [0.2, 0.25) is 10.0 Å². The van der Waals surface area contributed by atoms with E-state index in [0.29, 0.717) is 39.2 Å². The molecule has 3 heterocycles. The smallest absolute Gasteiger partial charge is 0.256 e. The zero-order valence-corrected chi connectivity index (χ0v) is 22.6. The second-order valence-electron chi connectivity index (χ2n) is 9.63. The van der Waals surface area contributed by atoms with Gasteiger partial charge in [-0.05, 0) is 49.2 Å². The minimum absolute atomic E-state index is 0.170. The lowest BCUT2D eigenvalue weighted by atomic mass is 9.77. The highest BCUT2D eigenvalue weighted by molar-refractivity contribution is 9.10. The van der Waals surface area contributed by atoms with Crippen molar-refractivity contribution in [3.63, 3.8) is 0 Å². The van der Waals surface area contributed by atoms with Gasteiger partial charge in [0.2, 0.25) is 0 Å². The molecule has 0 aromatic heterocycles. The van der Waals surface area contributed by atoms with E-state index < -0.39 is 17.5 Å². The summed E-state index contributed by atoms with van der Waals surface area (Å²) in [4.78, 5) is 28.4. The van der Waals surface area contributed by atoms with Crippen molar-refractivity contribution in [2.24, 2.45) is 0 Å². The predicted molar refractivity (Wildman–Crippen MR) is 145 cm³/mol. The minimum Gasteiger partial charge on any atom is -0.489 e. The molecule has 0 saturated carbocycles. The van der Waals surface area contributed by atoms with Crippen LogP contribution in [0.15, 0.2) is 65.1 Å². The maximum absolute atomic E-state index is 13.7. The van der Waals surface area contributed by atoms with E-state index in [4.69, 9.17) is 27.9 Å². The van der Waals surface area contributed by atoms with Gasteiger partial charge in [0, 0.05) is 54.4 Å². The van der Waals surface area contributed by atoms with Crippen LogP contribution in [-0.2, 0) is 16.9 Å². The Hall–Kier alpha value is -2.65. The first kappa shape index (κ1) is 24.7. The zero-order valence-electron chi connectivity index (χ0n) is 19.5. The molecule has 0 unspecified atom stereocenters. The van der Waals surface area contributed by atoms with E-state index in [1.54, 1.807) is 24.3 Å². The summed E-state index contributed by atoms with van der Waals surface area (Å²) in [5.74, 6) is -0.375. The van der Waals surface area contributed by atoms with Crippen LogP contribution < -0.4 is 10.1 Å². The molecular formula is C27H22BrCl2N3O4. The quantitative estimate of drug-likeness (QED) is 0.270. The highest BCUT2D eigenvalue weighted by Gasteiger charge is 2.73. The molecule has 2 fully saturated rings. The summed E-state index contributed by atoms with van der Waals surface area (Å²) in [6.07, 6.45) is 1.61. The maximum Gasteiger partial charge on any atom is 0.256 e. The molecule has 2 saturated heterocycles. The Kier molecular flexibility index (Phi) is 6.18. The molecule has 10 heteroatoms. The fourth-order valence-corrected chi connectivity index (χ4v) is 7.30. The Bertz CT molecular complexity index is 1440. The average molecular weight is 603 g/mol. The van der Waals surface area contributed by atoms with Gasteiger partial charge in [0.25, 0.3) is 11.9 Å². The highest BCUT2D eigenvalue weighted by atomic mass is 79.9. The van der Waals surface area contributed by atoms with Gasteiger partial charge in [-0.2, -0.15) is 0 Å². The van der Waals surface area contributed by atoms with Gasteiger partial charge in [-0.3, -0.25) is 19.8 Å². The van der Waals surface area contributed by atoms with Gasteiger partial charge in [-0.1, -0.05) is 63.4 Å². The van der Waals surface area contributed by atoms with Gasteiger partial charge in [0.05, 0.1) is 5.92 Å². The number of ether oxygens (including phenoxy) is 1. The molecule has 1 N–H and O–H groups in total. The summed E-state index contributed by atoms with van der Waals surface area (Å²) >= 11 is 15.9. The first-order valence-corrected chi connectivity index (χ1v) is 13.5. The molecule has 37 heavy (non-hydrogen) atoms. The fourth-order valence-electron chi connectivity index (χ4n) is 6.45. The Morgan fingerprint density at radius 2 is 1.97 bits per heavy atom. The lowest BCUT2D eigenvalue weighted by Gasteiger charge is -2.32. The number of nitrogens with one attached hydrogen (secondary N) is 1. The minimum atomic E-state index is -1.38. The van der Waals surface area contributed by atoms with E-state index >= 15 is 0 Å². The number of hydrogen-bond donors (Lipinski definition) is 1. The highest BCUT2D eigenvalue weighted by Crippen LogP contribution is 2.59. The molecule has 4 atom stereocenters. The Morgan fingerprint density at radius 3 is 2.76 bits per heavy atom. The predicted octanol–water partition coefficient (Wildman–Crippen LogP) is 6.39. The second kappa shape index (κ2) is 9.27. The Morgan fingerprint density at radius 1 is 1.16 bits per heavy atom. The van der Waals surface area contributed by atoms with E-state index in [0.717, 1.165) is 22.9 Å². The van der Waals surface area contributed by atoms with Gasteiger partial charge in [-0.25, -0.2) is 0 Å². The monoisotopic (exact) mass is 601 g/mol. The lowest BCUT2D eigenvalue weighted by molar-refractivity contribution is -0.534. The van der Waals surface area contributed by atoms with Crippen molar-refractivity contribution >= 4 is 50.7 Å². The molecule has 3 aromatic carbocycles. The van der Waals surface area contributed by atoms with Crippen LogP contribution >= 0.6 is 39.1 Å². The van der Waals surface area contributed by atoms with Crippen molar-refractivity contribution in [3.8, 4) is 5.75 Å². The molecule has 0 radical (unpaired) electrons. The van der Waals surface area contributed by atoms with Crippen molar-refractivity contribution < 1.29 is 14.5 Å². The number of para-hydroxylation sites is 1. The molecule has 190 valence electrons. The van der Waals surface area contributed by atoms with Crippen molar-refractivity contribution in [2.75, 3.05) is 11.9 Å². The van der Waals surface area contributed by atoms with E-state index in [1.165, 1.54) is 0 Å². The Labute approximate surface area is 232 Å². The Balaban J connectivity index is 1.47. The molecular weight excluding hydrogens is 581 g/mol. The van der Waals surface area contributed by atoms with Crippen LogP contribution in [0.4, 0.5) is 5.69 Å². The summed E-state index contributed by atoms with van der Waals surface area (Å²) in [5, 5.41) is 16.8. The van der Waals surface area contributed by atoms with Crippen LogP contribution in [0.1, 0.15) is 35.4 Å². The number of hydrogen-bond acceptors (Lipinski definition) is 5. The van der Waals surface area contributed by atoms with E-state index in [2.05, 4.69) is 26.1 Å². The van der Waals surface area contributed by atoms with Crippen LogP contribution in [0.25, 0.3) is 0 Å². The average Bonchev–Trinajstić information content (AvgIpc) is 3.52. The van der Waals surface area contributed by atoms with Crippen molar-refractivity contribution in [1.82, 2.24) is 4.90 Å². The van der Waals surface area contributed by atoms with Crippen molar-refractivity contribution in [3.05, 3.63) is 102 Å². The summed E-state index contributed by atoms with van der Waals surface area (Å²) < 4.78 is 7.03. The maximum atomic E-state index is 13.7. The van der Waals surface area contributed by atoms with E-state index in [1.807, 2.05) is 36.4 Å². The third kappa shape index (κ3) is 3.76. The third-order valence-corrected chi connectivity index (χ3v) is 8.90. The summed E-state index contributed by atoms with van der Waals surface area (Å²) in [6, 6.07) is 16.6. The van der Waals surface area contributed by atoms with Crippen molar-refractivity contribution in [1.29, 1.82) is 0 Å². The number of nitrogens with zero attached hydrogens (tertiary/aromatic N) is 2. The van der Waals surface area contributed by atoms with Gasteiger partial charge in [0.15, 0.2) is 5.54 Å². The zero-order chi connectivity index (χ0) is 25.9. The second-order valence-corrected chi connectivity index (χ2v) is 11.4. The number of benzene rings is 3. The van der Waals surface area contributed by atoms with Crippen LogP contribution in [0.5, 0.6) is 5.75 Å². The molecule has 0 aliphatic carbocycles. The molecule has 3 aliphatic rings. The molecule has 1 spiro atoms. The summed E-state index contributed by atoms with van der Waals surface area (Å²) in [6.45, 7) is 0.779. The fraction of sp³-hybridized carbons (Fsp3) is 0.296. The van der Waals surface area contributed by atoms with Gasteiger partial charge >= 0.3 is 0 Å². The summed E-state index contributed by atoms with van der Waals surface area (Å²) in [7, 11) is 0. The normalized spacial score (nSPS) is 26.2. The van der Waals surface area contributed by atoms with Crippen LogP contribution in [-0.4, -0.2) is 34.4 Å². The SMILES string of the molecule is O=C1Nc2ccccc2[C@]12[C@H]([N+](=O)[O-])[C@H](c1cc(Br)ccc1OCc1ccc(Cl)cc1Cl)[C@@H]1CCCN12. The van der Waals surface area contributed by atoms with Crippen LogP contribution in [0, 0.1) is 10.1 Å². The summed E-state index contributed by atoms with van der Waals surface area (Å²) in [5.41, 5.74) is 1.37. The third-order valence-electron chi connectivity index (χ3n) is 7.82. The standard InChI is InChI=1S/C27H22BrCl2N3O4/c28-16-8-10-23(37-14-15-7-9-17(29)13-20(15)30)18(12-16)24-22-6-3-11-32(22)27(25(24)33(35)36)19-4-1-2-5-21(19)31-26(27)34/h1-2,4-5,7-10,12-13,22,24-25H,3,6,11,14H2,(H,31,34)/t22-,24+,25+,27-/m0/s1. The number of anilines is 1. The first-order valence-electron chi connectivity index (χ1n) is 12.0. The number of carbonyl (C=O) groups excluding carboxylic acids is 1. The molecule has 7 nitrogen and oxygen atoms in total. The molecule has 1 amide bonds. The number of carbonyl (C=O) groups is 1. The molecule has 0 bridgehead atoms. The first-order chi connectivity index (χ1) is 17.8. The molecule has 3 aromatic rings. The largest absolute Gasteiger partial charge is 0.489 e.